The summed E-state index contributed by atoms with van der Waals surface area (Å²) < 4.78 is 36.2. The summed E-state index contributed by atoms with van der Waals surface area (Å²) in [5.41, 5.74) is 1.80. The van der Waals surface area contributed by atoms with E-state index < -0.39 is 15.9 Å². The van der Waals surface area contributed by atoms with E-state index in [9.17, 15) is 13.2 Å². The average molecular weight is 464 g/mol. The van der Waals surface area contributed by atoms with Crippen molar-refractivity contribution in [3.05, 3.63) is 95.5 Å². The molecule has 0 saturated carbocycles. The molecule has 1 heterocycles. The highest BCUT2D eigenvalue weighted by atomic mass is 32.2. The highest BCUT2D eigenvalue weighted by molar-refractivity contribution is 7.89. The number of nitrogens with one attached hydrogen (secondary N) is 2. The zero-order valence-electron chi connectivity index (χ0n) is 17.9. The van der Waals surface area contributed by atoms with Gasteiger partial charge >= 0.3 is 0 Å². The van der Waals surface area contributed by atoms with Crippen molar-refractivity contribution >= 4 is 32.6 Å². The number of para-hydroxylation sites is 1. The second-order valence-electron chi connectivity index (χ2n) is 7.21. The van der Waals surface area contributed by atoms with Gasteiger partial charge in [-0.3, -0.25) is 4.79 Å². The molecule has 1 amide bonds. The maximum absolute atomic E-state index is 13.0. The van der Waals surface area contributed by atoms with Crippen LogP contribution in [0.1, 0.15) is 15.9 Å². The number of fused-ring (bicyclic) bond motifs is 1. The molecule has 0 atom stereocenters. The Morgan fingerprint density at radius 2 is 1.67 bits per heavy atom. The topological polar surface area (TPSA) is 110 Å². The minimum Gasteiger partial charge on any atom is -0.497 e. The summed E-state index contributed by atoms with van der Waals surface area (Å²) in [6, 6.07) is 21.8. The molecule has 0 aliphatic rings. The number of carbonyl (C=O) groups excluding carboxylic acids is 1. The number of aryl methyl sites for hydroxylation is 1. The molecule has 33 heavy (non-hydrogen) atoms. The molecule has 168 valence electrons. The van der Waals surface area contributed by atoms with Gasteiger partial charge in [0.1, 0.15) is 16.9 Å². The zero-order chi connectivity index (χ0) is 23.4. The van der Waals surface area contributed by atoms with Gasteiger partial charge in [-0.05, 0) is 55.5 Å². The van der Waals surface area contributed by atoms with Gasteiger partial charge in [0.05, 0.1) is 12.0 Å². The lowest BCUT2D eigenvalue weighted by Crippen LogP contribution is -2.27. The van der Waals surface area contributed by atoms with Crippen LogP contribution in [0.3, 0.4) is 0 Å². The molecule has 0 aliphatic heterocycles. The number of anilines is 1. The molecule has 0 radical (unpaired) electrons. The molecule has 4 aromatic rings. The number of sulfonamides is 1. The Morgan fingerprint density at radius 1 is 0.970 bits per heavy atom. The second kappa shape index (κ2) is 9.17. The number of ether oxygens (including phenoxy) is 1. The lowest BCUT2D eigenvalue weighted by atomic mass is 10.1. The van der Waals surface area contributed by atoms with Crippen molar-refractivity contribution in [3.63, 3.8) is 0 Å². The van der Waals surface area contributed by atoms with Crippen molar-refractivity contribution in [2.45, 2.75) is 11.8 Å². The first-order chi connectivity index (χ1) is 15.9. The Hall–Kier alpha value is -4.11. The molecular formula is C24H21N3O5S. The number of rotatable bonds is 6. The number of hydrogen-bond acceptors (Lipinski definition) is 6. The first-order valence-corrected chi connectivity index (χ1v) is 11.4. The van der Waals surface area contributed by atoms with Crippen molar-refractivity contribution in [3.8, 4) is 5.75 Å². The third-order valence-electron chi connectivity index (χ3n) is 4.85. The monoisotopic (exact) mass is 463 g/mol. The van der Waals surface area contributed by atoms with Gasteiger partial charge in [-0.25, -0.2) is 0 Å². The van der Waals surface area contributed by atoms with E-state index in [4.69, 9.17) is 9.15 Å². The lowest BCUT2D eigenvalue weighted by molar-refractivity contribution is 0.102. The van der Waals surface area contributed by atoms with E-state index in [-0.39, 0.29) is 16.0 Å². The van der Waals surface area contributed by atoms with Gasteiger partial charge in [0.15, 0.2) is 0 Å². The standard InChI is InChI=1S/C24H21N3O5S/c1-16-7-13-20(14-8-16)33(29,30)27-26-24-21(15-17-5-3-4-6-22(17)32-24)23(28)25-18-9-11-19(31-2)12-10-18/h3-15,27H,1-2H3,(H,25,28)/b26-24+. The van der Waals surface area contributed by atoms with Crippen molar-refractivity contribution in [1.82, 2.24) is 4.83 Å². The lowest BCUT2D eigenvalue weighted by Gasteiger charge is -2.08. The molecule has 0 aliphatic carbocycles. The quantitative estimate of drug-likeness (QED) is 0.423. The van der Waals surface area contributed by atoms with Gasteiger partial charge in [-0.15, -0.1) is 5.10 Å². The molecule has 9 heteroatoms. The number of nitrogens with zero attached hydrogens (tertiary/aromatic N) is 1. The van der Waals surface area contributed by atoms with Crippen LogP contribution in [0.15, 0.2) is 93.3 Å². The molecule has 0 bridgehead atoms. The van der Waals surface area contributed by atoms with Crippen molar-refractivity contribution in [2.24, 2.45) is 5.10 Å². The summed E-state index contributed by atoms with van der Waals surface area (Å²) in [5.74, 6) is 0.137. The molecule has 0 spiro atoms. The molecule has 1 aromatic heterocycles. The Morgan fingerprint density at radius 3 is 2.36 bits per heavy atom. The van der Waals surface area contributed by atoms with E-state index in [1.165, 1.54) is 12.1 Å². The van der Waals surface area contributed by atoms with Gasteiger partial charge in [0, 0.05) is 11.1 Å². The smallest absolute Gasteiger partial charge is 0.276 e. The summed E-state index contributed by atoms with van der Waals surface area (Å²) in [4.78, 5) is 15.2. The maximum atomic E-state index is 13.0. The van der Waals surface area contributed by atoms with Crippen LogP contribution in [-0.4, -0.2) is 21.4 Å². The number of methoxy groups -OCH3 is 1. The summed E-state index contributed by atoms with van der Waals surface area (Å²) in [7, 11) is -2.41. The molecular weight excluding hydrogens is 442 g/mol. The van der Waals surface area contributed by atoms with E-state index in [0.717, 1.165) is 5.56 Å². The molecule has 2 N–H and O–H groups in total. The van der Waals surface area contributed by atoms with Gasteiger partial charge < -0.3 is 14.5 Å². The summed E-state index contributed by atoms with van der Waals surface area (Å²) in [6.45, 7) is 1.86. The minimum absolute atomic E-state index is 0.0434. The maximum Gasteiger partial charge on any atom is 0.276 e. The van der Waals surface area contributed by atoms with E-state index in [2.05, 4.69) is 15.2 Å². The highest BCUT2D eigenvalue weighted by Gasteiger charge is 2.16. The van der Waals surface area contributed by atoms with E-state index in [0.29, 0.717) is 22.4 Å². The van der Waals surface area contributed by atoms with Crippen LogP contribution in [0.4, 0.5) is 5.69 Å². The van der Waals surface area contributed by atoms with Gasteiger partial charge in [0.25, 0.3) is 15.9 Å². The Balaban J connectivity index is 1.72. The van der Waals surface area contributed by atoms with Crippen molar-refractivity contribution < 1.29 is 22.4 Å². The molecule has 8 nitrogen and oxygen atoms in total. The van der Waals surface area contributed by atoms with Crippen LogP contribution in [0, 0.1) is 6.92 Å². The SMILES string of the molecule is COc1ccc(NC(=O)c2cc3ccccc3o/c2=N/NS(=O)(=O)c2ccc(C)cc2)cc1. The molecule has 0 unspecified atom stereocenters. The fourth-order valence-corrected chi connectivity index (χ4v) is 3.86. The fraction of sp³-hybridized carbons (Fsp3) is 0.0833. The molecule has 3 aromatic carbocycles. The summed E-state index contributed by atoms with van der Waals surface area (Å²) in [5, 5.41) is 7.35. The molecule has 0 fully saturated rings. The van der Waals surface area contributed by atoms with Gasteiger partial charge in [0.2, 0.25) is 5.55 Å². The van der Waals surface area contributed by atoms with Crippen LogP contribution < -0.4 is 20.4 Å². The highest BCUT2D eigenvalue weighted by Crippen LogP contribution is 2.17. The third kappa shape index (κ3) is 5.04. The van der Waals surface area contributed by atoms with Gasteiger partial charge in [-0.1, -0.05) is 35.9 Å². The van der Waals surface area contributed by atoms with Crippen LogP contribution in [0.2, 0.25) is 0 Å². The summed E-state index contributed by atoms with van der Waals surface area (Å²) in [6.07, 6.45) is 0. The Kier molecular flexibility index (Phi) is 6.14. The first-order valence-electron chi connectivity index (χ1n) is 9.96. The van der Waals surface area contributed by atoms with Crippen molar-refractivity contribution in [1.29, 1.82) is 0 Å². The Labute approximate surface area is 190 Å². The predicted molar refractivity (Wildman–Crippen MR) is 124 cm³/mol. The number of amides is 1. The van der Waals surface area contributed by atoms with Crippen LogP contribution in [-0.2, 0) is 10.0 Å². The first kappa shape index (κ1) is 22.1. The largest absolute Gasteiger partial charge is 0.497 e. The minimum atomic E-state index is -3.96. The van der Waals surface area contributed by atoms with Crippen molar-refractivity contribution in [2.75, 3.05) is 12.4 Å². The van der Waals surface area contributed by atoms with E-state index in [1.807, 2.05) is 6.92 Å². The number of carbonyl (C=O) groups is 1. The Bertz CT molecular complexity index is 1480. The van der Waals surface area contributed by atoms with Crippen LogP contribution in [0.25, 0.3) is 11.0 Å². The number of hydrogen-bond donors (Lipinski definition) is 2. The van der Waals surface area contributed by atoms with Crippen LogP contribution >= 0.6 is 0 Å². The zero-order valence-corrected chi connectivity index (χ0v) is 18.7. The van der Waals surface area contributed by atoms with E-state index in [1.54, 1.807) is 73.8 Å². The number of benzene rings is 3. The van der Waals surface area contributed by atoms with Crippen LogP contribution in [0.5, 0.6) is 5.75 Å². The third-order valence-corrected chi connectivity index (χ3v) is 6.07. The molecule has 4 rings (SSSR count). The average Bonchev–Trinajstić information content (AvgIpc) is 2.83. The second-order valence-corrected chi connectivity index (χ2v) is 8.87. The summed E-state index contributed by atoms with van der Waals surface area (Å²) >= 11 is 0. The fourth-order valence-electron chi connectivity index (χ4n) is 3.06. The molecule has 0 saturated heterocycles. The van der Waals surface area contributed by atoms with E-state index >= 15 is 0 Å². The predicted octanol–water partition coefficient (Wildman–Crippen LogP) is 3.80. The van der Waals surface area contributed by atoms with Gasteiger partial charge in [-0.2, -0.15) is 13.2 Å². The normalized spacial score (nSPS) is 11.9.